The van der Waals surface area contributed by atoms with Gasteiger partial charge in [0.25, 0.3) is 0 Å². The molecule has 0 unspecified atom stereocenters. The average Bonchev–Trinajstić information content (AvgIpc) is 2.78. The van der Waals surface area contributed by atoms with Gasteiger partial charge in [0.15, 0.2) is 5.76 Å². The molecule has 1 aromatic heterocycles. The SMILES string of the molecule is N#Cc1cccc(-c2cnc(C(=O)O)o2)c1.[Li]. The number of nitriles is 1. The number of hydrogen-bond acceptors (Lipinski definition) is 4. The second-order valence-electron chi connectivity index (χ2n) is 3.03. The number of rotatable bonds is 2. The second-order valence-corrected chi connectivity index (χ2v) is 3.03. The fourth-order valence-corrected chi connectivity index (χ4v) is 1.25. The summed E-state index contributed by atoms with van der Waals surface area (Å²) >= 11 is 0. The summed E-state index contributed by atoms with van der Waals surface area (Å²) < 4.78 is 5.01. The molecule has 5 nitrogen and oxygen atoms in total. The molecule has 0 spiro atoms. The van der Waals surface area contributed by atoms with Crippen LogP contribution in [-0.4, -0.2) is 34.9 Å². The van der Waals surface area contributed by atoms with Gasteiger partial charge in [-0.3, -0.25) is 0 Å². The Morgan fingerprint density at radius 1 is 1.47 bits per heavy atom. The Morgan fingerprint density at radius 3 is 2.82 bits per heavy atom. The van der Waals surface area contributed by atoms with Crippen molar-refractivity contribution in [1.29, 1.82) is 5.26 Å². The standard InChI is InChI=1S/C11H6N2O3.Li/c12-5-7-2-1-3-8(4-7)9-6-13-10(16-9)11(14)15;/h1-4,6H,(H,14,15);. The molecule has 2 rings (SSSR count). The summed E-state index contributed by atoms with van der Waals surface area (Å²) in [6.07, 6.45) is 1.32. The molecule has 0 amide bonds. The topological polar surface area (TPSA) is 87.1 Å². The van der Waals surface area contributed by atoms with E-state index in [9.17, 15) is 4.79 Å². The first kappa shape index (κ1) is 13.1. The van der Waals surface area contributed by atoms with E-state index >= 15 is 0 Å². The Labute approximate surface area is 109 Å². The molecular weight excluding hydrogens is 215 g/mol. The van der Waals surface area contributed by atoms with Gasteiger partial charge in [-0.15, -0.1) is 0 Å². The normalized spacial score (nSPS) is 9.12. The summed E-state index contributed by atoms with van der Waals surface area (Å²) in [6.45, 7) is 0. The summed E-state index contributed by atoms with van der Waals surface area (Å²) in [7, 11) is 0. The van der Waals surface area contributed by atoms with Gasteiger partial charge < -0.3 is 9.52 Å². The Balaban J connectivity index is 0.00000144. The van der Waals surface area contributed by atoms with E-state index in [-0.39, 0.29) is 24.8 Å². The van der Waals surface area contributed by atoms with Gasteiger partial charge >= 0.3 is 11.9 Å². The summed E-state index contributed by atoms with van der Waals surface area (Å²) in [5.41, 5.74) is 1.10. The number of hydrogen-bond donors (Lipinski definition) is 1. The zero-order chi connectivity index (χ0) is 11.5. The molecule has 0 saturated heterocycles. The number of oxazole rings is 1. The third-order valence-corrected chi connectivity index (χ3v) is 1.96. The van der Waals surface area contributed by atoms with Crippen molar-refractivity contribution in [2.45, 2.75) is 0 Å². The van der Waals surface area contributed by atoms with Crippen LogP contribution in [0.5, 0.6) is 0 Å². The molecule has 1 aromatic carbocycles. The number of aromatic carboxylic acids is 1. The van der Waals surface area contributed by atoms with Crippen LogP contribution in [0, 0.1) is 11.3 Å². The molecule has 1 heterocycles. The molecule has 79 valence electrons. The fourth-order valence-electron chi connectivity index (χ4n) is 1.25. The van der Waals surface area contributed by atoms with Crippen LogP contribution in [0.1, 0.15) is 16.2 Å². The number of carboxylic acids is 1. The van der Waals surface area contributed by atoms with E-state index in [0.717, 1.165) is 0 Å². The zero-order valence-corrected chi connectivity index (χ0v) is 9.04. The van der Waals surface area contributed by atoms with Gasteiger partial charge in [-0.25, -0.2) is 9.78 Å². The van der Waals surface area contributed by atoms with Crippen molar-refractivity contribution in [2.24, 2.45) is 0 Å². The first-order valence-electron chi connectivity index (χ1n) is 4.40. The van der Waals surface area contributed by atoms with Crippen LogP contribution in [0.15, 0.2) is 34.9 Å². The molecule has 1 radical (unpaired) electrons. The summed E-state index contributed by atoms with van der Waals surface area (Å²) in [5.74, 6) is -1.26. The van der Waals surface area contributed by atoms with Crippen LogP contribution in [0.25, 0.3) is 11.3 Å². The van der Waals surface area contributed by atoms with E-state index in [1.165, 1.54) is 6.20 Å². The van der Waals surface area contributed by atoms with Crippen LogP contribution in [0.3, 0.4) is 0 Å². The molecule has 17 heavy (non-hydrogen) atoms. The molecule has 0 aliphatic carbocycles. The van der Waals surface area contributed by atoms with Crippen molar-refractivity contribution in [3.63, 3.8) is 0 Å². The Bertz CT molecular complexity index is 586. The fraction of sp³-hybridized carbons (Fsp3) is 0. The minimum Gasteiger partial charge on any atom is -0.474 e. The number of carbonyl (C=O) groups is 1. The van der Waals surface area contributed by atoms with E-state index in [1.807, 2.05) is 6.07 Å². The van der Waals surface area contributed by atoms with E-state index in [0.29, 0.717) is 16.9 Å². The van der Waals surface area contributed by atoms with Crippen LogP contribution in [0.2, 0.25) is 0 Å². The van der Waals surface area contributed by atoms with Crippen LogP contribution >= 0.6 is 0 Å². The first-order chi connectivity index (χ1) is 7.70. The predicted octanol–water partition coefficient (Wildman–Crippen LogP) is 1.53. The molecule has 6 heteroatoms. The Morgan fingerprint density at radius 2 is 2.24 bits per heavy atom. The summed E-state index contributed by atoms with van der Waals surface area (Å²) in [5, 5.41) is 17.3. The van der Waals surface area contributed by atoms with Crippen molar-refractivity contribution in [3.05, 3.63) is 41.9 Å². The molecule has 0 saturated carbocycles. The molecule has 2 aromatic rings. The van der Waals surface area contributed by atoms with Gasteiger partial charge in [0.1, 0.15) is 0 Å². The van der Waals surface area contributed by atoms with Crippen molar-refractivity contribution in [1.82, 2.24) is 4.98 Å². The molecule has 0 fully saturated rings. The van der Waals surface area contributed by atoms with Gasteiger partial charge in [0.05, 0.1) is 17.8 Å². The van der Waals surface area contributed by atoms with Gasteiger partial charge in [0, 0.05) is 24.4 Å². The van der Waals surface area contributed by atoms with E-state index in [1.54, 1.807) is 24.3 Å². The van der Waals surface area contributed by atoms with Crippen LogP contribution in [0.4, 0.5) is 0 Å². The number of benzene rings is 1. The Hall–Kier alpha value is -2.01. The van der Waals surface area contributed by atoms with E-state index in [2.05, 4.69) is 4.98 Å². The van der Waals surface area contributed by atoms with Crippen molar-refractivity contribution in [3.8, 4) is 17.4 Å². The Kier molecular flexibility index (Phi) is 4.11. The van der Waals surface area contributed by atoms with Crippen molar-refractivity contribution < 1.29 is 14.3 Å². The third-order valence-electron chi connectivity index (χ3n) is 1.96. The quantitative estimate of drug-likeness (QED) is 0.777. The first-order valence-corrected chi connectivity index (χ1v) is 4.40. The van der Waals surface area contributed by atoms with Crippen LogP contribution in [-0.2, 0) is 0 Å². The van der Waals surface area contributed by atoms with Gasteiger partial charge in [0.2, 0.25) is 0 Å². The third kappa shape index (κ3) is 2.76. The van der Waals surface area contributed by atoms with E-state index < -0.39 is 5.97 Å². The maximum atomic E-state index is 10.6. The summed E-state index contributed by atoms with van der Waals surface area (Å²) in [4.78, 5) is 14.2. The van der Waals surface area contributed by atoms with Crippen molar-refractivity contribution in [2.75, 3.05) is 0 Å². The van der Waals surface area contributed by atoms with E-state index in [4.69, 9.17) is 14.8 Å². The summed E-state index contributed by atoms with van der Waals surface area (Å²) in [6, 6.07) is 8.65. The van der Waals surface area contributed by atoms with Crippen molar-refractivity contribution >= 4 is 24.8 Å². The second kappa shape index (κ2) is 5.36. The molecule has 0 bridgehead atoms. The number of nitrogens with zero attached hydrogens (tertiary/aromatic N) is 2. The van der Waals surface area contributed by atoms with Crippen LogP contribution < -0.4 is 0 Å². The average molecular weight is 221 g/mol. The molecule has 0 aliphatic heterocycles. The van der Waals surface area contributed by atoms with Gasteiger partial charge in [-0.1, -0.05) is 12.1 Å². The van der Waals surface area contributed by atoms with Gasteiger partial charge in [-0.05, 0) is 12.1 Å². The predicted molar refractivity (Wildman–Crippen MR) is 59.4 cm³/mol. The number of carboxylic acid groups (broad SMARTS) is 1. The smallest absolute Gasteiger partial charge is 0.392 e. The molecule has 0 atom stereocenters. The minimum atomic E-state index is -1.22. The minimum absolute atomic E-state index is 0. The largest absolute Gasteiger partial charge is 0.474 e. The monoisotopic (exact) mass is 221 g/mol. The maximum Gasteiger partial charge on any atom is 0.392 e. The molecule has 0 aliphatic rings. The van der Waals surface area contributed by atoms with Gasteiger partial charge in [-0.2, -0.15) is 5.26 Å². The zero-order valence-electron chi connectivity index (χ0n) is 9.04. The molecular formula is C11H6LiN2O3. The molecule has 1 N–H and O–H groups in total. The number of aromatic nitrogens is 1. The maximum absolute atomic E-state index is 10.6.